The summed E-state index contributed by atoms with van der Waals surface area (Å²) >= 11 is 14.0. The van der Waals surface area contributed by atoms with Crippen molar-refractivity contribution in [3.63, 3.8) is 0 Å². The van der Waals surface area contributed by atoms with Gasteiger partial charge in [-0.05, 0) is 36.0 Å². The van der Waals surface area contributed by atoms with E-state index in [1.807, 2.05) is 18.2 Å². The van der Waals surface area contributed by atoms with Gasteiger partial charge in [0.2, 0.25) is 0 Å². The fraction of sp³-hybridized carbons (Fsp3) is 0.438. The summed E-state index contributed by atoms with van der Waals surface area (Å²) in [7, 11) is 0. The Hall–Kier alpha value is -0.610. The smallest absolute Gasteiger partial charge is 0.0977 e. The maximum Gasteiger partial charge on any atom is 0.0977 e. The van der Waals surface area contributed by atoms with Crippen LogP contribution in [0, 0.1) is 5.41 Å². The molecule has 0 spiro atoms. The standard InChI is InChI=1S/C16H17Cl2NOS/c1-16(2)7-12-15(13(20)8-16)21-14(19-12)6-9-10(17)4-3-5-11(9)18/h3-5,13,20H,6-8H2,1-2H3. The quantitative estimate of drug-likeness (QED) is 0.829. The van der Waals surface area contributed by atoms with Crippen molar-refractivity contribution in [3.8, 4) is 0 Å². The number of hydrogen-bond acceptors (Lipinski definition) is 3. The number of fused-ring (bicyclic) bond motifs is 1. The number of nitrogens with zero attached hydrogens (tertiary/aromatic N) is 1. The van der Waals surface area contributed by atoms with Crippen molar-refractivity contribution in [2.24, 2.45) is 5.41 Å². The van der Waals surface area contributed by atoms with Gasteiger partial charge < -0.3 is 5.11 Å². The van der Waals surface area contributed by atoms with E-state index in [1.165, 1.54) is 0 Å². The van der Waals surface area contributed by atoms with Crippen LogP contribution < -0.4 is 0 Å². The van der Waals surface area contributed by atoms with Gasteiger partial charge in [0.05, 0.1) is 21.7 Å². The average molecular weight is 342 g/mol. The number of aromatic nitrogens is 1. The molecule has 1 aliphatic rings. The SMILES string of the molecule is CC1(C)Cc2nc(Cc3c(Cl)cccc3Cl)sc2C(O)C1. The molecule has 1 atom stereocenters. The molecule has 5 heteroatoms. The van der Waals surface area contributed by atoms with Crippen molar-refractivity contribution in [2.75, 3.05) is 0 Å². The molecule has 1 aromatic heterocycles. The highest BCUT2D eigenvalue weighted by atomic mass is 35.5. The number of thiazole rings is 1. The summed E-state index contributed by atoms with van der Waals surface area (Å²) in [6.45, 7) is 4.34. The van der Waals surface area contributed by atoms with Gasteiger partial charge in [-0.25, -0.2) is 4.98 Å². The van der Waals surface area contributed by atoms with Crippen LogP contribution in [0.4, 0.5) is 0 Å². The average Bonchev–Trinajstić information content (AvgIpc) is 2.75. The number of aliphatic hydroxyl groups is 1. The molecule has 0 radical (unpaired) electrons. The van der Waals surface area contributed by atoms with Gasteiger partial charge in [-0.15, -0.1) is 11.3 Å². The van der Waals surface area contributed by atoms with Crippen molar-refractivity contribution in [1.29, 1.82) is 0 Å². The Kier molecular flexibility index (Phi) is 4.04. The minimum Gasteiger partial charge on any atom is -0.387 e. The molecule has 1 heterocycles. The molecule has 0 saturated heterocycles. The topological polar surface area (TPSA) is 33.1 Å². The van der Waals surface area contributed by atoms with Crippen molar-refractivity contribution in [2.45, 2.75) is 39.2 Å². The van der Waals surface area contributed by atoms with Crippen molar-refractivity contribution >= 4 is 34.5 Å². The molecule has 0 bridgehead atoms. The highest BCUT2D eigenvalue weighted by molar-refractivity contribution is 7.11. The zero-order chi connectivity index (χ0) is 15.2. The van der Waals surface area contributed by atoms with Gasteiger partial charge in [-0.2, -0.15) is 0 Å². The van der Waals surface area contributed by atoms with Crippen LogP contribution in [0.1, 0.15) is 47.5 Å². The summed E-state index contributed by atoms with van der Waals surface area (Å²) in [5, 5.41) is 12.6. The van der Waals surface area contributed by atoms with Gasteiger partial charge in [-0.1, -0.05) is 43.1 Å². The van der Waals surface area contributed by atoms with Crippen molar-refractivity contribution in [3.05, 3.63) is 49.4 Å². The summed E-state index contributed by atoms with van der Waals surface area (Å²) in [6.07, 6.45) is 1.90. The zero-order valence-corrected chi connectivity index (χ0v) is 14.3. The number of benzene rings is 1. The van der Waals surface area contributed by atoms with E-state index in [9.17, 15) is 5.11 Å². The molecule has 1 aromatic carbocycles. The molecular weight excluding hydrogens is 325 g/mol. The third kappa shape index (κ3) is 3.11. The van der Waals surface area contributed by atoms with Crippen LogP contribution in [0.15, 0.2) is 18.2 Å². The minimum atomic E-state index is -0.406. The van der Waals surface area contributed by atoms with Gasteiger partial charge in [0.1, 0.15) is 0 Å². The summed E-state index contributed by atoms with van der Waals surface area (Å²) in [5.74, 6) is 0. The Morgan fingerprint density at radius 1 is 1.33 bits per heavy atom. The molecule has 0 aliphatic heterocycles. The van der Waals surface area contributed by atoms with Gasteiger partial charge in [0.15, 0.2) is 0 Å². The lowest BCUT2D eigenvalue weighted by molar-refractivity contribution is 0.102. The molecule has 1 unspecified atom stereocenters. The highest BCUT2D eigenvalue weighted by Crippen LogP contribution is 2.43. The first-order chi connectivity index (χ1) is 9.85. The Morgan fingerprint density at radius 2 is 2.00 bits per heavy atom. The molecular formula is C16H17Cl2NOS. The first-order valence-electron chi connectivity index (χ1n) is 6.95. The van der Waals surface area contributed by atoms with Crippen LogP contribution in [0.2, 0.25) is 10.0 Å². The molecule has 0 amide bonds. The van der Waals surface area contributed by atoms with Crippen LogP contribution in [0.25, 0.3) is 0 Å². The van der Waals surface area contributed by atoms with Crippen molar-refractivity contribution in [1.82, 2.24) is 4.98 Å². The van der Waals surface area contributed by atoms with Crippen LogP contribution >= 0.6 is 34.5 Å². The van der Waals surface area contributed by atoms with E-state index >= 15 is 0 Å². The molecule has 0 fully saturated rings. The second-order valence-electron chi connectivity index (χ2n) is 6.36. The number of halogens is 2. The van der Waals surface area contributed by atoms with E-state index in [0.717, 1.165) is 34.0 Å². The van der Waals surface area contributed by atoms with Gasteiger partial charge in [0.25, 0.3) is 0 Å². The first kappa shape index (κ1) is 15.3. The molecule has 2 nitrogen and oxygen atoms in total. The van der Waals surface area contributed by atoms with E-state index in [-0.39, 0.29) is 5.41 Å². The van der Waals surface area contributed by atoms with E-state index < -0.39 is 6.10 Å². The predicted molar refractivity (Wildman–Crippen MR) is 88.4 cm³/mol. The van der Waals surface area contributed by atoms with E-state index in [1.54, 1.807) is 11.3 Å². The lowest BCUT2D eigenvalue weighted by atomic mass is 9.77. The maximum atomic E-state index is 10.3. The fourth-order valence-electron chi connectivity index (χ4n) is 2.87. The fourth-order valence-corrected chi connectivity index (χ4v) is 4.48. The van der Waals surface area contributed by atoms with Crippen molar-refractivity contribution < 1.29 is 5.11 Å². The molecule has 0 saturated carbocycles. The lowest BCUT2D eigenvalue weighted by Gasteiger charge is -2.31. The maximum absolute atomic E-state index is 10.3. The predicted octanol–water partition coefficient (Wildman–Crippen LogP) is 5.05. The summed E-state index contributed by atoms with van der Waals surface area (Å²) in [5.41, 5.74) is 2.03. The van der Waals surface area contributed by atoms with Gasteiger partial charge in [-0.3, -0.25) is 0 Å². The summed E-state index contributed by atoms with van der Waals surface area (Å²) in [6, 6.07) is 5.52. The molecule has 3 rings (SSSR count). The number of aliphatic hydroxyl groups excluding tert-OH is 1. The molecule has 1 N–H and O–H groups in total. The van der Waals surface area contributed by atoms with Crippen LogP contribution in [-0.2, 0) is 12.8 Å². The van der Waals surface area contributed by atoms with Crippen LogP contribution in [0.5, 0.6) is 0 Å². The normalized spacial score (nSPS) is 20.3. The van der Waals surface area contributed by atoms with Gasteiger partial charge in [0, 0.05) is 16.5 Å². The molecule has 1 aliphatic carbocycles. The lowest BCUT2D eigenvalue weighted by Crippen LogP contribution is -2.24. The molecule has 21 heavy (non-hydrogen) atoms. The summed E-state index contributed by atoms with van der Waals surface area (Å²) in [4.78, 5) is 5.72. The van der Waals surface area contributed by atoms with Crippen LogP contribution in [-0.4, -0.2) is 10.1 Å². The number of hydrogen-bond donors (Lipinski definition) is 1. The Labute approximate surface area is 138 Å². The Morgan fingerprint density at radius 3 is 2.67 bits per heavy atom. The largest absolute Gasteiger partial charge is 0.387 e. The minimum absolute atomic E-state index is 0.0970. The summed E-state index contributed by atoms with van der Waals surface area (Å²) < 4.78 is 0. The van der Waals surface area contributed by atoms with E-state index in [0.29, 0.717) is 16.5 Å². The monoisotopic (exact) mass is 341 g/mol. The van der Waals surface area contributed by atoms with Gasteiger partial charge >= 0.3 is 0 Å². The number of rotatable bonds is 2. The third-order valence-corrected chi connectivity index (χ3v) is 5.76. The Balaban J connectivity index is 1.92. The third-order valence-electron chi connectivity index (χ3n) is 3.86. The van der Waals surface area contributed by atoms with E-state index in [4.69, 9.17) is 28.2 Å². The van der Waals surface area contributed by atoms with E-state index in [2.05, 4.69) is 13.8 Å². The first-order valence-corrected chi connectivity index (χ1v) is 8.52. The molecule has 112 valence electrons. The second-order valence-corrected chi connectivity index (χ2v) is 8.29. The zero-order valence-electron chi connectivity index (χ0n) is 12.0. The van der Waals surface area contributed by atoms with Crippen LogP contribution in [0.3, 0.4) is 0 Å². The second kappa shape index (κ2) is 5.54. The highest BCUT2D eigenvalue weighted by Gasteiger charge is 2.34. The Bertz CT molecular complexity index is 661. The molecule has 2 aromatic rings.